The van der Waals surface area contributed by atoms with Gasteiger partial charge in [-0.05, 0) is 30.2 Å². The Labute approximate surface area is 171 Å². The van der Waals surface area contributed by atoms with Crippen molar-refractivity contribution in [1.82, 2.24) is 14.5 Å². The van der Waals surface area contributed by atoms with Gasteiger partial charge >= 0.3 is 5.69 Å². The summed E-state index contributed by atoms with van der Waals surface area (Å²) in [5.74, 6) is 0.421. The first-order chi connectivity index (χ1) is 14.0. The summed E-state index contributed by atoms with van der Waals surface area (Å²) in [4.78, 5) is 38.8. The summed E-state index contributed by atoms with van der Waals surface area (Å²) >= 11 is 1.14. The molecule has 152 valence electrons. The molecule has 0 saturated carbocycles. The number of aromatic nitrogens is 2. The molecule has 0 unspecified atom stereocenters. The Morgan fingerprint density at radius 3 is 2.76 bits per heavy atom. The van der Waals surface area contributed by atoms with E-state index in [2.05, 4.69) is 5.32 Å². The van der Waals surface area contributed by atoms with E-state index in [9.17, 15) is 14.4 Å². The van der Waals surface area contributed by atoms with Crippen LogP contribution in [0.1, 0.15) is 28.6 Å². The minimum atomic E-state index is -0.395. The van der Waals surface area contributed by atoms with Crippen LogP contribution in [0.15, 0.2) is 52.1 Å². The van der Waals surface area contributed by atoms with Gasteiger partial charge < -0.3 is 10.1 Å². The molecule has 1 aromatic carbocycles. The van der Waals surface area contributed by atoms with Crippen molar-refractivity contribution >= 4 is 27.5 Å². The van der Waals surface area contributed by atoms with Crippen LogP contribution in [0.3, 0.4) is 0 Å². The Bertz CT molecular complexity index is 1190. The van der Waals surface area contributed by atoms with Gasteiger partial charge in [-0.3, -0.25) is 18.7 Å². The van der Waals surface area contributed by atoms with Crippen LogP contribution in [0, 0.1) is 0 Å². The summed E-state index contributed by atoms with van der Waals surface area (Å²) < 4.78 is 7.78. The number of amides is 1. The van der Waals surface area contributed by atoms with Crippen LogP contribution < -0.4 is 21.3 Å². The summed E-state index contributed by atoms with van der Waals surface area (Å²) in [7, 11) is 3.20. The molecule has 0 aliphatic heterocycles. The summed E-state index contributed by atoms with van der Waals surface area (Å²) in [6.45, 7) is 2.52. The van der Waals surface area contributed by atoms with Gasteiger partial charge in [0.1, 0.15) is 10.6 Å². The molecule has 0 saturated heterocycles. The SMILES string of the molecule is CCC=CCn1c(=O)c2cc(C(=O)NCc3cccc(OC)c3)sc2n(C)c1=O. The molecular weight excluding hydrogens is 390 g/mol. The monoisotopic (exact) mass is 413 g/mol. The highest BCUT2D eigenvalue weighted by atomic mass is 32.1. The predicted octanol–water partition coefficient (Wildman–Crippen LogP) is 2.67. The Balaban J connectivity index is 1.88. The number of fused-ring (bicyclic) bond motifs is 1. The molecule has 0 radical (unpaired) electrons. The normalized spacial score (nSPS) is 11.3. The molecule has 0 aliphatic carbocycles. The number of methoxy groups -OCH3 is 1. The lowest BCUT2D eigenvalue weighted by Crippen LogP contribution is -2.38. The standard InChI is InChI=1S/C21H23N3O4S/c1-4-5-6-10-24-19(26)16-12-17(29-20(16)23(2)21(24)27)18(25)22-13-14-8-7-9-15(11-14)28-3/h5-9,11-12H,4,10,13H2,1-3H3,(H,22,25). The quantitative estimate of drug-likeness (QED) is 0.604. The van der Waals surface area contributed by atoms with E-state index in [0.29, 0.717) is 27.4 Å². The number of carbonyl (C=O) groups excluding carboxylic acids is 1. The minimum Gasteiger partial charge on any atom is -0.497 e. The molecule has 1 amide bonds. The van der Waals surface area contributed by atoms with E-state index >= 15 is 0 Å². The zero-order valence-electron chi connectivity index (χ0n) is 16.6. The molecule has 0 aliphatic rings. The second-order valence-corrected chi connectivity index (χ2v) is 7.53. The number of aryl methyl sites for hydroxylation is 1. The number of thiophene rings is 1. The van der Waals surface area contributed by atoms with Crippen molar-refractivity contribution in [3.8, 4) is 5.75 Å². The number of carbonyl (C=O) groups is 1. The van der Waals surface area contributed by atoms with Crippen LogP contribution in [-0.4, -0.2) is 22.2 Å². The third-order valence-corrected chi connectivity index (χ3v) is 5.72. The molecular formula is C21H23N3O4S. The maximum absolute atomic E-state index is 12.8. The number of ether oxygens (including phenoxy) is 1. The highest BCUT2D eigenvalue weighted by Crippen LogP contribution is 2.22. The van der Waals surface area contributed by atoms with Gasteiger partial charge in [0.05, 0.1) is 17.4 Å². The number of rotatable bonds is 7. The third kappa shape index (κ3) is 4.32. The van der Waals surface area contributed by atoms with Gasteiger partial charge in [-0.15, -0.1) is 11.3 Å². The first-order valence-corrected chi connectivity index (χ1v) is 10.1. The fourth-order valence-electron chi connectivity index (χ4n) is 2.96. The topological polar surface area (TPSA) is 82.3 Å². The second kappa shape index (κ2) is 8.91. The molecule has 3 rings (SSSR count). The number of nitrogens with zero attached hydrogens (tertiary/aromatic N) is 2. The van der Waals surface area contributed by atoms with Gasteiger partial charge in [-0.2, -0.15) is 0 Å². The molecule has 1 N–H and O–H groups in total. The van der Waals surface area contributed by atoms with Crippen LogP contribution in [-0.2, 0) is 20.1 Å². The summed E-state index contributed by atoms with van der Waals surface area (Å²) in [5, 5.41) is 3.22. The fourth-order valence-corrected chi connectivity index (χ4v) is 3.98. The van der Waals surface area contributed by atoms with Crippen molar-refractivity contribution in [3.63, 3.8) is 0 Å². The van der Waals surface area contributed by atoms with E-state index < -0.39 is 5.69 Å². The van der Waals surface area contributed by atoms with Crippen molar-refractivity contribution in [3.05, 3.63) is 73.8 Å². The molecule has 3 aromatic rings. The zero-order chi connectivity index (χ0) is 21.0. The zero-order valence-corrected chi connectivity index (χ0v) is 17.4. The van der Waals surface area contributed by atoms with Crippen LogP contribution in [0.4, 0.5) is 0 Å². The van der Waals surface area contributed by atoms with E-state index in [-0.39, 0.29) is 18.0 Å². The maximum Gasteiger partial charge on any atom is 0.332 e. The summed E-state index contributed by atoms with van der Waals surface area (Å²) in [5.41, 5.74) is 0.122. The molecule has 2 heterocycles. The van der Waals surface area contributed by atoms with Crippen LogP contribution in [0.5, 0.6) is 5.75 Å². The lowest BCUT2D eigenvalue weighted by molar-refractivity contribution is 0.0955. The molecule has 2 aromatic heterocycles. The predicted molar refractivity (Wildman–Crippen MR) is 115 cm³/mol. The number of hydrogen-bond donors (Lipinski definition) is 1. The molecule has 8 heteroatoms. The van der Waals surface area contributed by atoms with Gasteiger partial charge in [0.25, 0.3) is 11.5 Å². The van der Waals surface area contributed by atoms with Gasteiger partial charge in [0, 0.05) is 20.1 Å². The largest absolute Gasteiger partial charge is 0.497 e. The highest BCUT2D eigenvalue weighted by molar-refractivity contribution is 7.20. The van der Waals surface area contributed by atoms with Crippen molar-refractivity contribution in [2.24, 2.45) is 7.05 Å². The lowest BCUT2D eigenvalue weighted by Gasteiger charge is -2.06. The first kappa shape index (κ1) is 20.6. The van der Waals surface area contributed by atoms with E-state index in [1.807, 2.05) is 37.3 Å². The van der Waals surface area contributed by atoms with Gasteiger partial charge in [0.15, 0.2) is 0 Å². The Hall–Kier alpha value is -3.13. The smallest absolute Gasteiger partial charge is 0.332 e. The van der Waals surface area contributed by atoms with Gasteiger partial charge in [-0.25, -0.2) is 4.79 Å². The summed E-state index contributed by atoms with van der Waals surface area (Å²) in [6.07, 6.45) is 4.53. The number of nitrogens with one attached hydrogen (secondary N) is 1. The Morgan fingerprint density at radius 1 is 1.24 bits per heavy atom. The number of benzene rings is 1. The van der Waals surface area contributed by atoms with E-state index in [1.54, 1.807) is 26.3 Å². The van der Waals surface area contributed by atoms with E-state index in [0.717, 1.165) is 23.3 Å². The molecule has 0 fully saturated rings. The number of allylic oxidation sites excluding steroid dienone is 2. The molecule has 0 bridgehead atoms. The van der Waals surface area contributed by atoms with Gasteiger partial charge in [0.2, 0.25) is 0 Å². The first-order valence-electron chi connectivity index (χ1n) is 9.25. The summed E-state index contributed by atoms with van der Waals surface area (Å²) in [6, 6.07) is 8.98. The average Bonchev–Trinajstić information content (AvgIpc) is 3.19. The van der Waals surface area contributed by atoms with Gasteiger partial charge in [-0.1, -0.05) is 31.2 Å². The van der Waals surface area contributed by atoms with Crippen molar-refractivity contribution < 1.29 is 9.53 Å². The average molecular weight is 413 g/mol. The van der Waals surface area contributed by atoms with Crippen LogP contribution in [0.2, 0.25) is 0 Å². The van der Waals surface area contributed by atoms with E-state index in [1.165, 1.54) is 9.13 Å². The number of hydrogen-bond acceptors (Lipinski definition) is 5. The molecule has 7 nitrogen and oxygen atoms in total. The minimum absolute atomic E-state index is 0.211. The van der Waals surface area contributed by atoms with Crippen LogP contribution in [0.25, 0.3) is 10.2 Å². The Morgan fingerprint density at radius 2 is 2.03 bits per heavy atom. The lowest BCUT2D eigenvalue weighted by atomic mass is 10.2. The third-order valence-electron chi connectivity index (χ3n) is 4.51. The van der Waals surface area contributed by atoms with Crippen molar-refractivity contribution in [2.75, 3.05) is 7.11 Å². The molecule has 0 atom stereocenters. The van der Waals surface area contributed by atoms with Crippen molar-refractivity contribution in [2.45, 2.75) is 26.4 Å². The molecule has 0 spiro atoms. The Kier molecular flexibility index (Phi) is 6.33. The van der Waals surface area contributed by atoms with Crippen LogP contribution >= 0.6 is 11.3 Å². The second-order valence-electron chi connectivity index (χ2n) is 6.50. The maximum atomic E-state index is 12.8. The van der Waals surface area contributed by atoms with Crippen molar-refractivity contribution in [1.29, 1.82) is 0 Å². The fraction of sp³-hybridized carbons (Fsp3) is 0.286. The van der Waals surface area contributed by atoms with E-state index in [4.69, 9.17) is 4.74 Å². The highest BCUT2D eigenvalue weighted by Gasteiger charge is 2.17. The molecule has 29 heavy (non-hydrogen) atoms.